The Hall–Kier alpha value is -2.88. The predicted octanol–water partition coefficient (Wildman–Crippen LogP) is 2.94. The van der Waals surface area contributed by atoms with Crippen molar-refractivity contribution in [3.8, 4) is 6.07 Å². The van der Waals surface area contributed by atoms with E-state index in [1.807, 2.05) is 6.07 Å². The van der Waals surface area contributed by atoms with E-state index in [9.17, 15) is 20.2 Å². The molecule has 0 bridgehead atoms. The molecule has 2 N–H and O–H groups in total. The molecule has 1 aromatic carbocycles. The van der Waals surface area contributed by atoms with Crippen LogP contribution in [0.1, 0.15) is 38.2 Å². The van der Waals surface area contributed by atoms with E-state index in [1.165, 1.54) is 22.8 Å². The van der Waals surface area contributed by atoms with E-state index in [2.05, 4.69) is 6.92 Å². The summed E-state index contributed by atoms with van der Waals surface area (Å²) in [5, 5.41) is 20.8. The molecule has 1 aromatic heterocycles. The minimum Gasteiger partial charge on any atom is -0.384 e. The van der Waals surface area contributed by atoms with Crippen LogP contribution in [0.25, 0.3) is 10.8 Å². The fourth-order valence-electron chi connectivity index (χ4n) is 2.60. The number of nitrogen functional groups attached to an aromatic ring is 1. The largest absolute Gasteiger partial charge is 0.384 e. The normalized spacial score (nSPS) is 10.6. The fraction of sp³-hybridized carbons (Fsp3) is 0.375. The number of pyridine rings is 1. The molecule has 0 atom stereocenters. The summed E-state index contributed by atoms with van der Waals surface area (Å²) >= 11 is 0. The van der Waals surface area contributed by atoms with Gasteiger partial charge in [0.2, 0.25) is 0 Å². The highest BCUT2D eigenvalue weighted by atomic mass is 16.6. The molecule has 0 fully saturated rings. The highest BCUT2D eigenvalue weighted by molar-refractivity contribution is 5.92. The minimum atomic E-state index is -0.563. The molecular formula is C16H18N4O3. The molecular weight excluding hydrogens is 296 g/mol. The maximum atomic E-state index is 12.6. The lowest BCUT2D eigenvalue weighted by atomic mass is 10.1. The first kappa shape index (κ1) is 16.5. The predicted molar refractivity (Wildman–Crippen MR) is 88.1 cm³/mol. The molecule has 0 unspecified atom stereocenters. The van der Waals surface area contributed by atoms with Gasteiger partial charge in [-0.2, -0.15) is 5.26 Å². The Morgan fingerprint density at radius 2 is 2.04 bits per heavy atom. The van der Waals surface area contributed by atoms with Crippen molar-refractivity contribution in [2.45, 2.75) is 39.2 Å². The van der Waals surface area contributed by atoms with Crippen molar-refractivity contribution < 1.29 is 4.92 Å². The smallest absolute Gasteiger partial charge is 0.270 e. The Morgan fingerprint density at radius 1 is 1.30 bits per heavy atom. The van der Waals surface area contributed by atoms with E-state index in [0.717, 1.165) is 25.7 Å². The average Bonchev–Trinajstić information content (AvgIpc) is 2.54. The fourth-order valence-corrected chi connectivity index (χ4v) is 2.60. The van der Waals surface area contributed by atoms with Gasteiger partial charge in [-0.25, -0.2) is 0 Å². The Labute approximate surface area is 133 Å². The van der Waals surface area contributed by atoms with Gasteiger partial charge in [0.1, 0.15) is 17.5 Å². The highest BCUT2D eigenvalue weighted by Crippen LogP contribution is 2.25. The summed E-state index contributed by atoms with van der Waals surface area (Å²) in [6.07, 6.45) is 3.84. The van der Waals surface area contributed by atoms with Crippen LogP contribution in [-0.2, 0) is 6.54 Å². The zero-order valence-electron chi connectivity index (χ0n) is 12.9. The van der Waals surface area contributed by atoms with Crippen molar-refractivity contribution >= 4 is 22.3 Å². The zero-order chi connectivity index (χ0) is 17.0. The van der Waals surface area contributed by atoms with E-state index in [-0.39, 0.29) is 22.5 Å². The van der Waals surface area contributed by atoms with Crippen LogP contribution in [0, 0.1) is 21.4 Å². The van der Waals surface area contributed by atoms with Gasteiger partial charge in [-0.05, 0) is 12.5 Å². The number of hydrogen-bond acceptors (Lipinski definition) is 5. The number of non-ortho nitro benzene ring substituents is 1. The van der Waals surface area contributed by atoms with Crippen LogP contribution in [0.2, 0.25) is 0 Å². The standard InChI is InChI=1S/C16H18N4O3/c1-2-3-4-5-8-19-15(18)14(10-17)12-7-6-11(20(22)23)9-13(12)16(19)21/h6-7,9H,2-5,8,18H2,1H3. The first-order valence-electron chi connectivity index (χ1n) is 7.51. The van der Waals surface area contributed by atoms with Gasteiger partial charge >= 0.3 is 0 Å². The second-order valence-electron chi connectivity index (χ2n) is 5.38. The van der Waals surface area contributed by atoms with Gasteiger partial charge in [0.25, 0.3) is 11.2 Å². The molecule has 0 aliphatic rings. The number of nitriles is 1. The maximum Gasteiger partial charge on any atom is 0.270 e. The van der Waals surface area contributed by atoms with Gasteiger partial charge in [0.15, 0.2) is 0 Å². The molecule has 2 aromatic rings. The lowest BCUT2D eigenvalue weighted by Crippen LogP contribution is -2.24. The average molecular weight is 314 g/mol. The van der Waals surface area contributed by atoms with Gasteiger partial charge in [-0.15, -0.1) is 0 Å². The number of hydrogen-bond donors (Lipinski definition) is 1. The zero-order valence-corrected chi connectivity index (χ0v) is 12.9. The first-order chi connectivity index (χ1) is 11.0. The van der Waals surface area contributed by atoms with Crippen molar-refractivity contribution in [3.63, 3.8) is 0 Å². The number of nitro groups is 1. The molecule has 0 saturated heterocycles. The maximum absolute atomic E-state index is 12.6. The second-order valence-corrected chi connectivity index (χ2v) is 5.38. The van der Waals surface area contributed by atoms with E-state index in [1.54, 1.807) is 0 Å². The number of nitro benzene ring substituents is 1. The van der Waals surface area contributed by atoms with E-state index < -0.39 is 10.5 Å². The van der Waals surface area contributed by atoms with Crippen LogP contribution in [0.15, 0.2) is 23.0 Å². The third-order valence-electron chi connectivity index (χ3n) is 3.85. The van der Waals surface area contributed by atoms with Crippen LogP contribution in [0.3, 0.4) is 0 Å². The van der Waals surface area contributed by atoms with Gasteiger partial charge < -0.3 is 5.73 Å². The van der Waals surface area contributed by atoms with E-state index in [4.69, 9.17) is 5.73 Å². The summed E-state index contributed by atoms with van der Waals surface area (Å²) in [5.74, 6) is 0.121. The number of fused-ring (bicyclic) bond motifs is 1. The Kier molecular flexibility index (Phi) is 4.96. The number of aromatic nitrogens is 1. The van der Waals surface area contributed by atoms with Crippen LogP contribution in [0.5, 0.6) is 0 Å². The molecule has 1 heterocycles. The molecule has 0 aliphatic carbocycles. The number of anilines is 1. The monoisotopic (exact) mass is 314 g/mol. The summed E-state index contributed by atoms with van der Waals surface area (Å²) in [6.45, 7) is 2.49. The van der Waals surface area contributed by atoms with Crippen molar-refractivity contribution in [1.29, 1.82) is 5.26 Å². The topological polar surface area (TPSA) is 115 Å². The summed E-state index contributed by atoms with van der Waals surface area (Å²) in [7, 11) is 0. The molecule has 0 radical (unpaired) electrons. The number of rotatable bonds is 6. The SMILES string of the molecule is CCCCCCn1c(N)c(C#N)c2ccc([N+](=O)[O-])cc2c1=O. The van der Waals surface area contributed by atoms with Gasteiger partial charge in [0, 0.05) is 24.1 Å². The minimum absolute atomic E-state index is 0.121. The molecule has 0 spiro atoms. The van der Waals surface area contributed by atoms with Crippen LogP contribution < -0.4 is 11.3 Å². The van der Waals surface area contributed by atoms with E-state index >= 15 is 0 Å². The summed E-state index contributed by atoms with van der Waals surface area (Å²) in [5.41, 5.74) is 5.59. The van der Waals surface area contributed by atoms with Crippen LogP contribution in [-0.4, -0.2) is 9.49 Å². The van der Waals surface area contributed by atoms with Gasteiger partial charge in [0.05, 0.1) is 10.3 Å². The number of benzene rings is 1. The molecule has 7 nitrogen and oxygen atoms in total. The van der Waals surface area contributed by atoms with Crippen molar-refractivity contribution in [1.82, 2.24) is 4.57 Å². The van der Waals surface area contributed by atoms with Crippen LogP contribution in [0.4, 0.5) is 11.5 Å². The Morgan fingerprint density at radius 3 is 2.65 bits per heavy atom. The lowest BCUT2D eigenvalue weighted by molar-refractivity contribution is -0.384. The molecule has 120 valence electrons. The highest BCUT2D eigenvalue weighted by Gasteiger charge is 2.17. The summed E-state index contributed by atoms with van der Waals surface area (Å²) in [6, 6.07) is 5.89. The Bertz CT molecular complexity index is 849. The molecule has 23 heavy (non-hydrogen) atoms. The third kappa shape index (κ3) is 3.16. The van der Waals surface area contributed by atoms with E-state index in [0.29, 0.717) is 11.9 Å². The van der Waals surface area contributed by atoms with Crippen molar-refractivity contribution in [3.05, 3.63) is 44.2 Å². The lowest BCUT2D eigenvalue weighted by Gasteiger charge is -2.13. The van der Waals surface area contributed by atoms with Gasteiger partial charge in [-0.3, -0.25) is 19.5 Å². The van der Waals surface area contributed by atoms with Crippen molar-refractivity contribution in [2.24, 2.45) is 0 Å². The molecule has 0 amide bonds. The quantitative estimate of drug-likeness (QED) is 0.500. The second kappa shape index (κ2) is 6.92. The molecule has 2 rings (SSSR count). The number of nitrogens with zero attached hydrogens (tertiary/aromatic N) is 3. The van der Waals surface area contributed by atoms with Crippen LogP contribution >= 0.6 is 0 Å². The number of unbranched alkanes of at least 4 members (excludes halogenated alkanes) is 3. The Balaban J connectivity index is 2.61. The number of nitrogens with two attached hydrogens (primary N) is 1. The first-order valence-corrected chi connectivity index (χ1v) is 7.51. The summed E-state index contributed by atoms with van der Waals surface area (Å²) in [4.78, 5) is 23.0. The third-order valence-corrected chi connectivity index (χ3v) is 3.85. The summed E-state index contributed by atoms with van der Waals surface area (Å²) < 4.78 is 1.35. The van der Waals surface area contributed by atoms with Gasteiger partial charge in [-0.1, -0.05) is 26.2 Å². The van der Waals surface area contributed by atoms with Crippen molar-refractivity contribution in [2.75, 3.05) is 5.73 Å². The molecule has 0 aliphatic heterocycles. The molecule has 7 heteroatoms. The molecule has 0 saturated carbocycles.